The third-order valence-corrected chi connectivity index (χ3v) is 5.41. The molecule has 0 amide bonds. The van der Waals surface area contributed by atoms with Crippen molar-refractivity contribution in [3.05, 3.63) is 41.5 Å². The number of Topliss-reactive ketones (excluding diaryl/α,β-unsaturated/α-hetero) is 1. The van der Waals surface area contributed by atoms with Gasteiger partial charge < -0.3 is 44.8 Å². The third-order valence-electron chi connectivity index (χ3n) is 5.41. The van der Waals surface area contributed by atoms with E-state index < -0.39 is 48.3 Å². The molecule has 1 saturated heterocycles. The topological polar surface area (TPSA) is 166 Å². The first-order valence-corrected chi connectivity index (χ1v) is 9.60. The molecule has 0 spiro atoms. The molecule has 0 aromatic heterocycles. The van der Waals surface area contributed by atoms with Gasteiger partial charge in [-0.25, -0.2) is 0 Å². The minimum absolute atomic E-state index is 0.00177. The van der Waals surface area contributed by atoms with Crippen molar-refractivity contribution in [1.29, 1.82) is 0 Å². The highest BCUT2D eigenvalue weighted by molar-refractivity contribution is 6.02. The van der Waals surface area contributed by atoms with Crippen LogP contribution in [-0.2, 0) is 4.74 Å². The Morgan fingerprint density at radius 1 is 0.935 bits per heavy atom. The fraction of sp³-hybridized carbons (Fsp3) is 0.381. The second-order valence-corrected chi connectivity index (χ2v) is 7.60. The highest BCUT2D eigenvalue weighted by atomic mass is 16.7. The molecule has 1 fully saturated rings. The maximum atomic E-state index is 12.6. The van der Waals surface area contributed by atoms with Crippen molar-refractivity contribution >= 4 is 5.78 Å². The molecule has 0 radical (unpaired) electrons. The van der Waals surface area contributed by atoms with Crippen LogP contribution in [0, 0.1) is 0 Å². The van der Waals surface area contributed by atoms with Gasteiger partial charge in [-0.3, -0.25) is 4.79 Å². The summed E-state index contributed by atoms with van der Waals surface area (Å²) in [5.41, 5.74) is 0.401. The summed E-state index contributed by atoms with van der Waals surface area (Å²) >= 11 is 0. The fourth-order valence-electron chi connectivity index (χ4n) is 3.65. The highest BCUT2D eigenvalue weighted by Crippen LogP contribution is 2.43. The maximum Gasteiger partial charge on any atom is 0.229 e. The number of carbonyl (C=O) groups is 1. The lowest BCUT2D eigenvalue weighted by Gasteiger charge is -2.39. The molecule has 4 rings (SSSR count). The van der Waals surface area contributed by atoms with Gasteiger partial charge in [0.05, 0.1) is 12.5 Å². The first-order valence-electron chi connectivity index (χ1n) is 9.60. The Labute approximate surface area is 176 Å². The second-order valence-electron chi connectivity index (χ2n) is 7.60. The van der Waals surface area contributed by atoms with Gasteiger partial charge in [-0.05, 0) is 24.6 Å². The number of hydrogen-bond donors (Lipinski definition) is 6. The van der Waals surface area contributed by atoms with Crippen LogP contribution in [0.1, 0.15) is 35.4 Å². The Morgan fingerprint density at radius 3 is 2.39 bits per heavy atom. The molecule has 10 nitrogen and oxygen atoms in total. The second kappa shape index (κ2) is 7.89. The van der Waals surface area contributed by atoms with Gasteiger partial charge in [0.1, 0.15) is 47.2 Å². The standard InChI is InChI=1S/C21H22O10/c1-8-18(26)19(27)20(28)21(29-8)30-10-5-13(24)17-14(25)7-15(31-16(17)6-10)9-2-3-11(22)12(23)4-9/h2-6,8,15,18-24,26-28H,7H2,1H3/t8?,15?,18-,19-,20?,21-/m0/s1. The lowest BCUT2D eigenvalue weighted by atomic mass is 9.95. The summed E-state index contributed by atoms with van der Waals surface area (Å²) < 4.78 is 16.8. The van der Waals surface area contributed by atoms with Crippen LogP contribution in [0.4, 0.5) is 0 Å². The molecule has 2 heterocycles. The molecular formula is C21H22O10. The number of ether oxygens (including phenoxy) is 3. The van der Waals surface area contributed by atoms with E-state index in [1.807, 2.05) is 0 Å². The zero-order valence-corrected chi connectivity index (χ0v) is 16.4. The first kappa shape index (κ1) is 21.2. The van der Waals surface area contributed by atoms with Gasteiger partial charge in [-0.2, -0.15) is 0 Å². The summed E-state index contributed by atoms with van der Waals surface area (Å²) in [5.74, 6) is -1.46. The predicted octanol–water partition coefficient (Wildman–Crippen LogP) is 0.716. The van der Waals surface area contributed by atoms with Gasteiger partial charge in [0.25, 0.3) is 0 Å². The number of phenols is 3. The van der Waals surface area contributed by atoms with E-state index in [2.05, 4.69) is 0 Å². The fourth-order valence-corrected chi connectivity index (χ4v) is 3.65. The molecule has 0 aliphatic carbocycles. The summed E-state index contributed by atoms with van der Waals surface area (Å²) in [6.07, 6.45) is -7.39. The third kappa shape index (κ3) is 3.86. The Bertz CT molecular complexity index is 1010. The Kier molecular flexibility index (Phi) is 5.40. The van der Waals surface area contributed by atoms with E-state index in [4.69, 9.17) is 14.2 Å². The SMILES string of the molecule is CC1O[C@@H](Oc2cc(O)c3c(c2)OC(c2ccc(O)c(O)c2)CC3=O)C(O)[C@@H](O)[C@H]1O. The van der Waals surface area contributed by atoms with Gasteiger partial charge in [0, 0.05) is 12.1 Å². The Hall–Kier alpha value is -3.05. The quantitative estimate of drug-likeness (QED) is 0.379. The molecule has 3 unspecified atom stereocenters. The maximum absolute atomic E-state index is 12.6. The van der Waals surface area contributed by atoms with E-state index in [0.29, 0.717) is 5.56 Å². The number of carbonyl (C=O) groups excluding carboxylic acids is 1. The lowest BCUT2D eigenvalue weighted by Crippen LogP contribution is -2.58. The molecule has 166 valence electrons. The smallest absolute Gasteiger partial charge is 0.229 e. The molecule has 6 N–H and O–H groups in total. The molecule has 10 heteroatoms. The van der Waals surface area contributed by atoms with Gasteiger partial charge in [0.15, 0.2) is 17.3 Å². The summed E-state index contributed by atoms with van der Waals surface area (Å²) in [4.78, 5) is 12.6. The molecule has 31 heavy (non-hydrogen) atoms. The Balaban J connectivity index is 1.61. The Morgan fingerprint density at radius 2 is 1.68 bits per heavy atom. The van der Waals surface area contributed by atoms with Crippen LogP contribution in [0.15, 0.2) is 30.3 Å². The molecule has 0 bridgehead atoms. The summed E-state index contributed by atoms with van der Waals surface area (Å²) in [5, 5.41) is 59.4. The zero-order chi connectivity index (χ0) is 22.4. The number of fused-ring (bicyclic) bond motifs is 1. The van der Waals surface area contributed by atoms with Gasteiger partial charge in [-0.1, -0.05) is 6.07 Å². The van der Waals surface area contributed by atoms with Crippen molar-refractivity contribution in [3.63, 3.8) is 0 Å². The minimum Gasteiger partial charge on any atom is -0.507 e. The molecule has 2 aromatic carbocycles. The number of aliphatic hydroxyl groups excluding tert-OH is 3. The van der Waals surface area contributed by atoms with E-state index in [9.17, 15) is 35.4 Å². The van der Waals surface area contributed by atoms with Crippen LogP contribution in [0.2, 0.25) is 0 Å². The normalized spacial score (nSPS) is 30.4. The van der Waals surface area contributed by atoms with Crippen molar-refractivity contribution in [2.45, 2.75) is 50.2 Å². The monoisotopic (exact) mass is 434 g/mol. The number of aromatic hydroxyl groups is 3. The van der Waals surface area contributed by atoms with Crippen molar-refractivity contribution in [2.24, 2.45) is 0 Å². The van der Waals surface area contributed by atoms with Crippen LogP contribution in [0.25, 0.3) is 0 Å². The molecule has 2 aromatic rings. The van der Waals surface area contributed by atoms with Crippen molar-refractivity contribution in [1.82, 2.24) is 0 Å². The predicted molar refractivity (Wildman–Crippen MR) is 103 cm³/mol. The van der Waals surface area contributed by atoms with Gasteiger partial charge in [0.2, 0.25) is 6.29 Å². The number of phenolic OH excluding ortho intramolecular Hbond substituents is 3. The lowest BCUT2D eigenvalue weighted by molar-refractivity contribution is -0.268. The molecule has 2 aliphatic rings. The largest absolute Gasteiger partial charge is 0.507 e. The van der Waals surface area contributed by atoms with Crippen LogP contribution in [0.3, 0.4) is 0 Å². The number of aliphatic hydroxyl groups is 3. The van der Waals surface area contributed by atoms with Gasteiger partial charge in [-0.15, -0.1) is 0 Å². The summed E-state index contributed by atoms with van der Waals surface area (Å²) in [6, 6.07) is 6.54. The highest BCUT2D eigenvalue weighted by Gasteiger charge is 2.43. The molecule has 6 atom stereocenters. The van der Waals surface area contributed by atoms with Crippen molar-refractivity contribution < 1.29 is 49.6 Å². The number of benzene rings is 2. The average Bonchev–Trinajstić information content (AvgIpc) is 2.71. The molecule has 0 saturated carbocycles. The van der Waals surface area contributed by atoms with Crippen LogP contribution in [0.5, 0.6) is 28.7 Å². The van der Waals surface area contributed by atoms with Crippen molar-refractivity contribution in [2.75, 3.05) is 0 Å². The van der Waals surface area contributed by atoms with Crippen LogP contribution >= 0.6 is 0 Å². The van der Waals surface area contributed by atoms with Gasteiger partial charge >= 0.3 is 0 Å². The first-order chi connectivity index (χ1) is 14.7. The molecular weight excluding hydrogens is 412 g/mol. The van der Waals surface area contributed by atoms with Crippen molar-refractivity contribution in [3.8, 4) is 28.7 Å². The van der Waals surface area contributed by atoms with Crippen LogP contribution in [-0.4, -0.2) is 67.1 Å². The number of rotatable bonds is 3. The average molecular weight is 434 g/mol. The van der Waals surface area contributed by atoms with E-state index >= 15 is 0 Å². The number of ketones is 1. The zero-order valence-electron chi connectivity index (χ0n) is 16.4. The van der Waals surface area contributed by atoms with E-state index in [-0.39, 0.29) is 35.0 Å². The van der Waals surface area contributed by atoms with E-state index in [0.717, 1.165) is 6.07 Å². The van der Waals surface area contributed by atoms with E-state index in [1.54, 1.807) is 0 Å². The van der Waals surface area contributed by atoms with Crippen LogP contribution < -0.4 is 9.47 Å². The van der Waals surface area contributed by atoms with E-state index in [1.165, 1.54) is 31.2 Å². The summed E-state index contributed by atoms with van der Waals surface area (Å²) in [6.45, 7) is 1.50. The summed E-state index contributed by atoms with van der Waals surface area (Å²) in [7, 11) is 0. The minimum atomic E-state index is -1.56. The molecule has 2 aliphatic heterocycles. The number of hydrogen-bond acceptors (Lipinski definition) is 10.